The molecule has 1 aliphatic heterocycles. The molecule has 0 aromatic rings. The third-order valence-corrected chi connectivity index (χ3v) is 4.32. The van der Waals surface area contributed by atoms with Gasteiger partial charge in [0.05, 0.1) is 0 Å². The second kappa shape index (κ2) is 8.19. The van der Waals surface area contributed by atoms with Gasteiger partial charge in [0.15, 0.2) is 0 Å². The highest BCUT2D eigenvalue weighted by molar-refractivity contribution is 4.80. The predicted octanol–water partition coefficient (Wildman–Crippen LogP) is 5.11. The van der Waals surface area contributed by atoms with Crippen LogP contribution in [-0.4, -0.2) is 24.5 Å². The highest BCUT2D eigenvalue weighted by atomic mass is 15.1. The van der Waals surface area contributed by atoms with Crippen LogP contribution in [0.15, 0.2) is 0 Å². The van der Waals surface area contributed by atoms with E-state index in [0.717, 1.165) is 5.92 Å². The normalized spacial score (nSPS) is 25.0. The molecule has 1 aliphatic rings. The number of nitrogens with zero attached hydrogens (tertiary/aromatic N) is 1. The Labute approximate surface area is 115 Å². The Morgan fingerprint density at radius 2 is 1.72 bits per heavy atom. The van der Waals surface area contributed by atoms with Crippen molar-refractivity contribution in [2.45, 2.75) is 79.1 Å². The van der Waals surface area contributed by atoms with Crippen molar-refractivity contribution >= 4 is 0 Å². The van der Waals surface area contributed by atoms with Crippen molar-refractivity contribution in [1.82, 2.24) is 4.90 Å². The van der Waals surface area contributed by atoms with Gasteiger partial charge in [0.25, 0.3) is 0 Å². The monoisotopic (exact) mass is 253 g/mol. The molecule has 1 rings (SSSR count). The quantitative estimate of drug-likeness (QED) is 0.570. The van der Waals surface area contributed by atoms with Gasteiger partial charge >= 0.3 is 0 Å². The summed E-state index contributed by atoms with van der Waals surface area (Å²) in [6.45, 7) is 13.6. The Bertz CT molecular complexity index is 210. The van der Waals surface area contributed by atoms with E-state index in [-0.39, 0.29) is 0 Å². The number of likely N-dealkylation sites (tertiary alicyclic amines) is 1. The van der Waals surface area contributed by atoms with E-state index in [0.29, 0.717) is 5.41 Å². The van der Waals surface area contributed by atoms with Crippen molar-refractivity contribution < 1.29 is 0 Å². The van der Waals surface area contributed by atoms with Crippen LogP contribution in [0, 0.1) is 11.3 Å². The maximum Gasteiger partial charge on any atom is 0.00328 e. The number of unbranched alkanes of at least 4 members (excludes halogenated alkanes) is 5. The van der Waals surface area contributed by atoms with Crippen LogP contribution >= 0.6 is 0 Å². The van der Waals surface area contributed by atoms with Crippen molar-refractivity contribution in [3.63, 3.8) is 0 Å². The van der Waals surface area contributed by atoms with Gasteiger partial charge in [0, 0.05) is 6.54 Å². The summed E-state index contributed by atoms with van der Waals surface area (Å²) in [5.74, 6) is 0.912. The minimum atomic E-state index is 0.526. The Kier molecular flexibility index (Phi) is 7.29. The molecule has 1 unspecified atom stereocenters. The lowest BCUT2D eigenvalue weighted by Crippen LogP contribution is -2.33. The second-order valence-electron chi connectivity index (χ2n) is 7.31. The van der Waals surface area contributed by atoms with E-state index in [9.17, 15) is 0 Å². The van der Waals surface area contributed by atoms with Crippen molar-refractivity contribution in [3.05, 3.63) is 0 Å². The molecule has 0 radical (unpaired) electrons. The average Bonchev–Trinajstić information content (AvgIpc) is 2.41. The Hall–Kier alpha value is -0.0400. The topological polar surface area (TPSA) is 3.24 Å². The van der Waals surface area contributed by atoms with Gasteiger partial charge in [0.1, 0.15) is 0 Å². The van der Waals surface area contributed by atoms with Crippen LogP contribution in [0.25, 0.3) is 0 Å². The Morgan fingerprint density at radius 1 is 1.06 bits per heavy atom. The second-order valence-corrected chi connectivity index (χ2v) is 7.31. The van der Waals surface area contributed by atoms with E-state index >= 15 is 0 Å². The zero-order valence-corrected chi connectivity index (χ0v) is 13.3. The van der Waals surface area contributed by atoms with E-state index in [4.69, 9.17) is 0 Å². The molecule has 0 saturated carbocycles. The first-order valence-electron chi connectivity index (χ1n) is 8.26. The van der Waals surface area contributed by atoms with Crippen molar-refractivity contribution in [2.24, 2.45) is 11.3 Å². The molecule has 1 nitrogen and oxygen atoms in total. The maximum atomic E-state index is 2.73. The molecule has 0 aromatic carbocycles. The molecule has 108 valence electrons. The van der Waals surface area contributed by atoms with E-state index in [1.165, 1.54) is 71.0 Å². The summed E-state index contributed by atoms with van der Waals surface area (Å²) in [4.78, 5) is 2.73. The standard InChI is InChI=1S/C17H35N/c1-5-6-7-8-9-10-12-18-13-11-16(2)14-17(3,4)15-18/h16H,5-15H2,1-4H3. The highest BCUT2D eigenvalue weighted by Gasteiger charge is 2.27. The fraction of sp³-hybridized carbons (Fsp3) is 1.00. The molecule has 1 heteroatoms. The van der Waals surface area contributed by atoms with Gasteiger partial charge in [-0.05, 0) is 43.7 Å². The van der Waals surface area contributed by atoms with E-state index in [1.54, 1.807) is 0 Å². The zero-order chi connectivity index (χ0) is 13.4. The van der Waals surface area contributed by atoms with Crippen LogP contribution < -0.4 is 0 Å². The van der Waals surface area contributed by atoms with E-state index < -0.39 is 0 Å². The first kappa shape index (κ1) is 16.0. The lowest BCUT2D eigenvalue weighted by atomic mass is 9.83. The zero-order valence-electron chi connectivity index (χ0n) is 13.3. The lowest BCUT2D eigenvalue weighted by Gasteiger charge is -2.30. The number of hydrogen-bond donors (Lipinski definition) is 0. The molecule has 1 fully saturated rings. The molecule has 0 N–H and O–H groups in total. The highest BCUT2D eigenvalue weighted by Crippen LogP contribution is 2.31. The predicted molar refractivity (Wildman–Crippen MR) is 82.0 cm³/mol. The maximum absolute atomic E-state index is 2.73. The van der Waals surface area contributed by atoms with Gasteiger partial charge in [-0.15, -0.1) is 0 Å². The van der Waals surface area contributed by atoms with Crippen LogP contribution in [0.5, 0.6) is 0 Å². The van der Waals surface area contributed by atoms with Gasteiger partial charge in [-0.25, -0.2) is 0 Å². The van der Waals surface area contributed by atoms with E-state index in [2.05, 4.69) is 32.6 Å². The summed E-state index contributed by atoms with van der Waals surface area (Å²) in [6.07, 6.45) is 11.3. The minimum absolute atomic E-state index is 0.526. The molecule has 0 aromatic heterocycles. The van der Waals surface area contributed by atoms with E-state index in [1.807, 2.05) is 0 Å². The summed E-state index contributed by atoms with van der Waals surface area (Å²) in [5.41, 5.74) is 0.526. The fourth-order valence-corrected chi connectivity index (χ4v) is 3.50. The fourth-order valence-electron chi connectivity index (χ4n) is 3.50. The van der Waals surface area contributed by atoms with Crippen LogP contribution in [-0.2, 0) is 0 Å². The van der Waals surface area contributed by atoms with Crippen molar-refractivity contribution in [2.75, 3.05) is 19.6 Å². The Balaban J connectivity index is 2.17. The molecule has 0 aliphatic carbocycles. The molecule has 0 spiro atoms. The summed E-state index contributed by atoms with van der Waals surface area (Å²) >= 11 is 0. The first-order chi connectivity index (χ1) is 8.53. The van der Waals surface area contributed by atoms with Gasteiger partial charge < -0.3 is 4.90 Å². The first-order valence-corrected chi connectivity index (χ1v) is 8.26. The summed E-state index contributed by atoms with van der Waals surface area (Å²) in [5, 5.41) is 0. The van der Waals surface area contributed by atoms with Crippen LogP contribution in [0.4, 0.5) is 0 Å². The molecule has 1 saturated heterocycles. The van der Waals surface area contributed by atoms with Crippen LogP contribution in [0.2, 0.25) is 0 Å². The molecule has 18 heavy (non-hydrogen) atoms. The largest absolute Gasteiger partial charge is 0.303 e. The molecule has 1 atom stereocenters. The average molecular weight is 253 g/mol. The SMILES string of the molecule is CCCCCCCCN1CCC(C)CC(C)(C)C1. The lowest BCUT2D eigenvalue weighted by molar-refractivity contribution is 0.189. The summed E-state index contributed by atoms with van der Waals surface area (Å²) in [6, 6.07) is 0. The molecule has 0 amide bonds. The third-order valence-electron chi connectivity index (χ3n) is 4.32. The molecule has 1 heterocycles. The molecular weight excluding hydrogens is 218 g/mol. The van der Waals surface area contributed by atoms with Gasteiger partial charge in [-0.3, -0.25) is 0 Å². The van der Waals surface area contributed by atoms with Crippen molar-refractivity contribution in [3.8, 4) is 0 Å². The van der Waals surface area contributed by atoms with Gasteiger partial charge in [-0.1, -0.05) is 59.8 Å². The van der Waals surface area contributed by atoms with Crippen LogP contribution in [0.1, 0.15) is 79.1 Å². The molecule has 0 bridgehead atoms. The number of rotatable bonds is 7. The van der Waals surface area contributed by atoms with Crippen LogP contribution in [0.3, 0.4) is 0 Å². The van der Waals surface area contributed by atoms with Gasteiger partial charge in [0.2, 0.25) is 0 Å². The summed E-state index contributed by atoms with van der Waals surface area (Å²) in [7, 11) is 0. The van der Waals surface area contributed by atoms with Gasteiger partial charge in [-0.2, -0.15) is 0 Å². The summed E-state index contributed by atoms with van der Waals surface area (Å²) < 4.78 is 0. The number of hydrogen-bond acceptors (Lipinski definition) is 1. The Morgan fingerprint density at radius 3 is 2.44 bits per heavy atom. The minimum Gasteiger partial charge on any atom is -0.303 e. The van der Waals surface area contributed by atoms with Crippen molar-refractivity contribution in [1.29, 1.82) is 0 Å². The third kappa shape index (κ3) is 6.78. The smallest absolute Gasteiger partial charge is 0.00328 e. The molecular formula is C17H35N.